The number of amides is 2. The summed E-state index contributed by atoms with van der Waals surface area (Å²) in [7, 11) is 0. The van der Waals surface area contributed by atoms with Crippen LogP contribution in [0.4, 0.5) is 23.7 Å². The lowest BCUT2D eigenvalue weighted by Crippen LogP contribution is -2.30. The number of aromatic nitrogens is 2. The van der Waals surface area contributed by atoms with E-state index in [1.807, 2.05) is 42.5 Å². The minimum absolute atomic E-state index is 0.0312. The molecule has 1 aliphatic rings. The first-order valence-electron chi connectivity index (χ1n) is 9.70. The first kappa shape index (κ1) is 20.5. The van der Waals surface area contributed by atoms with Crippen molar-refractivity contribution in [1.82, 2.24) is 15.1 Å². The number of benzene rings is 2. The Labute approximate surface area is 176 Å². The maximum atomic E-state index is 13.1. The fraction of sp³-hybridized carbons (Fsp3) is 0.333. The van der Waals surface area contributed by atoms with Crippen molar-refractivity contribution in [3.8, 4) is 0 Å². The molecule has 0 saturated heterocycles. The summed E-state index contributed by atoms with van der Waals surface area (Å²) in [6.45, 7) is 0.537. The lowest BCUT2D eigenvalue weighted by molar-refractivity contribution is -0.141. The number of rotatable bonds is 6. The van der Waals surface area contributed by atoms with E-state index in [4.69, 9.17) is 11.6 Å². The Bertz CT molecular complexity index is 1070. The Hall–Kier alpha value is -2.74. The van der Waals surface area contributed by atoms with Crippen molar-refractivity contribution in [3.05, 3.63) is 58.9 Å². The topological polar surface area (TPSA) is 59.0 Å². The molecule has 0 aliphatic heterocycles. The quantitative estimate of drug-likeness (QED) is 0.480. The molecule has 4 rings (SSSR count). The van der Waals surface area contributed by atoms with Crippen molar-refractivity contribution in [2.45, 2.75) is 37.9 Å². The smallest absolute Gasteiger partial charge is 0.338 e. The number of hydrogen-bond donors (Lipinski definition) is 2. The van der Waals surface area contributed by atoms with Crippen LogP contribution in [-0.4, -0.2) is 22.4 Å². The van der Waals surface area contributed by atoms with Gasteiger partial charge in [-0.3, -0.25) is 4.68 Å². The number of carbonyl (C=O) groups excluding carboxylic acids is 1. The van der Waals surface area contributed by atoms with Crippen LogP contribution in [0.25, 0.3) is 10.8 Å². The Balaban J connectivity index is 1.35. The molecule has 1 saturated carbocycles. The third kappa shape index (κ3) is 4.38. The molecule has 0 radical (unpaired) electrons. The lowest BCUT2D eigenvalue weighted by atomic mass is 10.1. The van der Waals surface area contributed by atoms with Crippen LogP contribution in [0, 0.1) is 0 Å². The maximum absolute atomic E-state index is 13.1. The van der Waals surface area contributed by atoms with Gasteiger partial charge in [-0.15, -0.1) is 0 Å². The second-order valence-corrected chi connectivity index (χ2v) is 7.68. The highest BCUT2D eigenvalue weighted by atomic mass is 35.5. The molecule has 5 nitrogen and oxygen atoms in total. The van der Waals surface area contributed by atoms with Gasteiger partial charge in [-0.25, -0.2) is 4.79 Å². The van der Waals surface area contributed by atoms with Crippen LogP contribution in [-0.2, 0) is 12.7 Å². The number of nitrogens with zero attached hydrogens (tertiary/aromatic N) is 2. The van der Waals surface area contributed by atoms with E-state index in [0.717, 1.165) is 23.6 Å². The number of urea groups is 1. The van der Waals surface area contributed by atoms with E-state index in [2.05, 4.69) is 15.7 Å². The highest BCUT2D eigenvalue weighted by Gasteiger charge is 2.41. The number of aryl methyl sites for hydroxylation is 1. The summed E-state index contributed by atoms with van der Waals surface area (Å²) in [4.78, 5) is 12.2. The first-order chi connectivity index (χ1) is 14.3. The highest BCUT2D eigenvalue weighted by Crippen LogP contribution is 2.46. The van der Waals surface area contributed by atoms with Crippen molar-refractivity contribution in [2.75, 3.05) is 11.9 Å². The molecule has 0 unspecified atom stereocenters. The minimum Gasteiger partial charge on any atom is -0.338 e. The normalized spacial score (nSPS) is 14.1. The van der Waals surface area contributed by atoms with Crippen LogP contribution >= 0.6 is 11.6 Å². The third-order valence-electron chi connectivity index (χ3n) is 5.03. The molecule has 1 heterocycles. The summed E-state index contributed by atoms with van der Waals surface area (Å²) in [6.07, 6.45) is -2.52. The third-order valence-corrected chi connectivity index (χ3v) is 5.41. The van der Waals surface area contributed by atoms with E-state index in [0.29, 0.717) is 24.3 Å². The molecular formula is C21H20ClF3N4O. The van der Waals surface area contributed by atoms with E-state index in [1.165, 1.54) is 4.68 Å². The second-order valence-electron chi connectivity index (χ2n) is 7.30. The molecule has 2 N–H and O–H groups in total. The lowest BCUT2D eigenvalue weighted by Gasteiger charge is -2.11. The van der Waals surface area contributed by atoms with Crippen molar-refractivity contribution in [2.24, 2.45) is 0 Å². The van der Waals surface area contributed by atoms with Crippen molar-refractivity contribution < 1.29 is 18.0 Å². The summed E-state index contributed by atoms with van der Waals surface area (Å²) in [5.74, 6) is 0.0312. The summed E-state index contributed by atoms with van der Waals surface area (Å²) in [5.41, 5.74) is 0.104. The number of carbonyl (C=O) groups is 1. The molecular weight excluding hydrogens is 417 g/mol. The Morgan fingerprint density at radius 1 is 1.17 bits per heavy atom. The molecule has 1 aromatic heterocycles. The van der Waals surface area contributed by atoms with Gasteiger partial charge in [0.15, 0.2) is 5.69 Å². The molecule has 3 aromatic rings. The molecule has 1 fully saturated rings. The van der Waals surface area contributed by atoms with Gasteiger partial charge in [-0.2, -0.15) is 18.3 Å². The largest absolute Gasteiger partial charge is 0.436 e. The van der Waals surface area contributed by atoms with Crippen LogP contribution in [0.1, 0.15) is 36.6 Å². The van der Waals surface area contributed by atoms with Gasteiger partial charge in [-0.05, 0) is 30.7 Å². The van der Waals surface area contributed by atoms with Gasteiger partial charge < -0.3 is 10.6 Å². The fourth-order valence-corrected chi connectivity index (χ4v) is 3.88. The predicted molar refractivity (Wildman–Crippen MR) is 110 cm³/mol. The SMILES string of the molecule is O=C(NCCCn1nc(C(F)(F)F)c(Cl)c1C1CC1)Nc1cccc2ccccc12. The number of fused-ring (bicyclic) bond motifs is 1. The van der Waals surface area contributed by atoms with Crippen LogP contribution in [0.5, 0.6) is 0 Å². The van der Waals surface area contributed by atoms with Gasteiger partial charge in [0.25, 0.3) is 0 Å². The van der Waals surface area contributed by atoms with Gasteiger partial charge in [0.05, 0.1) is 16.4 Å². The summed E-state index contributed by atoms with van der Waals surface area (Å²) in [5, 5.41) is 10.9. The number of nitrogens with one attached hydrogen (secondary N) is 2. The number of alkyl halides is 3. The van der Waals surface area contributed by atoms with E-state index >= 15 is 0 Å². The van der Waals surface area contributed by atoms with Gasteiger partial charge in [-0.1, -0.05) is 48.0 Å². The van der Waals surface area contributed by atoms with Gasteiger partial charge in [0.1, 0.15) is 0 Å². The molecule has 0 atom stereocenters. The summed E-state index contributed by atoms with van der Waals surface area (Å²) in [6, 6.07) is 13.0. The zero-order valence-electron chi connectivity index (χ0n) is 16.0. The zero-order valence-corrected chi connectivity index (χ0v) is 16.7. The Kier molecular flexibility index (Phi) is 5.60. The van der Waals surface area contributed by atoms with Crippen LogP contribution in [0.2, 0.25) is 5.02 Å². The van der Waals surface area contributed by atoms with Crippen LogP contribution in [0.3, 0.4) is 0 Å². The number of anilines is 1. The highest BCUT2D eigenvalue weighted by molar-refractivity contribution is 6.32. The van der Waals surface area contributed by atoms with E-state index in [9.17, 15) is 18.0 Å². The second kappa shape index (κ2) is 8.18. The molecule has 0 spiro atoms. The Morgan fingerprint density at radius 3 is 2.63 bits per heavy atom. The van der Waals surface area contributed by atoms with Gasteiger partial charge >= 0.3 is 12.2 Å². The van der Waals surface area contributed by atoms with E-state index < -0.39 is 11.9 Å². The molecule has 9 heteroatoms. The standard InChI is InChI=1S/C21H20ClF3N4O/c22-17-18(14-9-10-14)29(28-19(17)21(23,24)25)12-4-11-26-20(30)27-16-8-3-6-13-5-1-2-7-15(13)16/h1-3,5-8,14H,4,9-12H2,(H2,26,27,30). The maximum Gasteiger partial charge on any atom is 0.436 e. The molecule has 30 heavy (non-hydrogen) atoms. The van der Waals surface area contributed by atoms with Crippen molar-refractivity contribution in [3.63, 3.8) is 0 Å². The Morgan fingerprint density at radius 2 is 1.90 bits per heavy atom. The molecule has 0 bridgehead atoms. The fourth-order valence-electron chi connectivity index (χ4n) is 3.48. The molecule has 1 aliphatic carbocycles. The van der Waals surface area contributed by atoms with E-state index in [-0.39, 0.29) is 23.5 Å². The van der Waals surface area contributed by atoms with Crippen LogP contribution in [0.15, 0.2) is 42.5 Å². The minimum atomic E-state index is -4.58. The molecule has 2 amide bonds. The van der Waals surface area contributed by atoms with Crippen molar-refractivity contribution >= 4 is 34.1 Å². The zero-order chi connectivity index (χ0) is 21.3. The summed E-state index contributed by atoms with van der Waals surface area (Å²) < 4.78 is 40.7. The van der Waals surface area contributed by atoms with Crippen LogP contribution < -0.4 is 10.6 Å². The van der Waals surface area contributed by atoms with Gasteiger partial charge in [0, 0.05) is 24.4 Å². The first-order valence-corrected chi connectivity index (χ1v) is 10.1. The molecule has 2 aromatic carbocycles. The summed E-state index contributed by atoms with van der Waals surface area (Å²) >= 11 is 5.97. The van der Waals surface area contributed by atoms with Crippen molar-refractivity contribution in [1.29, 1.82) is 0 Å². The average molecular weight is 437 g/mol. The van der Waals surface area contributed by atoms with Gasteiger partial charge in [0.2, 0.25) is 0 Å². The predicted octanol–water partition coefficient (Wildman–Crippen LogP) is 5.80. The average Bonchev–Trinajstić information content (AvgIpc) is 3.47. The van der Waals surface area contributed by atoms with E-state index in [1.54, 1.807) is 0 Å². The monoisotopic (exact) mass is 436 g/mol. The number of halogens is 4. The molecule has 158 valence electrons. The number of hydrogen-bond acceptors (Lipinski definition) is 2.